The molecule has 0 aromatic carbocycles. The van der Waals surface area contributed by atoms with E-state index in [0.29, 0.717) is 31.7 Å². The minimum Gasteiger partial charge on any atom is -0.393 e. The van der Waals surface area contributed by atoms with E-state index in [0.717, 1.165) is 48.0 Å². The van der Waals surface area contributed by atoms with Gasteiger partial charge in [0.15, 0.2) is 0 Å². The van der Waals surface area contributed by atoms with Crippen molar-refractivity contribution in [3.05, 3.63) is 30.4 Å². The molecular weight excluding hydrogens is 464 g/mol. The van der Waals surface area contributed by atoms with Gasteiger partial charge in [0, 0.05) is 42.1 Å². The molecule has 0 amide bonds. The number of ether oxygens (including phenoxy) is 3. The van der Waals surface area contributed by atoms with E-state index in [1.54, 1.807) is 7.11 Å². The van der Waals surface area contributed by atoms with Gasteiger partial charge >= 0.3 is 0 Å². The lowest BCUT2D eigenvalue weighted by Gasteiger charge is -2.25. The zero-order valence-electron chi connectivity index (χ0n) is 20.7. The maximum atomic E-state index is 10.1. The van der Waals surface area contributed by atoms with Gasteiger partial charge in [-0.3, -0.25) is 4.68 Å². The Bertz CT molecular complexity index is 1200. The Morgan fingerprint density at radius 3 is 2.75 bits per heavy atom. The van der Waals surface area contributed by atoms with Crippen LogP contribution in [-0.2, 0) is 14.2 Å². The Hall–Kier alpha value is -2.57. The van der Waals surface area contributed by atoms with Crippen LogP contribution in [0.4, 0.5) is 5.95 Å². The number of nitrogens with zero attached hydrogens (tertiary/aromatic N) is 5. The lowest BCUT2D eigenvalue weighted by molar-refractivity contribution is 0.0169. The number of nitrogens with one attached hydrogen (secondary N) is 1. The third-order valence-electron chi connectivity index (χ3n) is 7.71. The number of aliphatic hydroxyl groups is 2. The van der Waals surface area contributed by atoms with Crippen LogP contribution in [-0.4, -0.2) is 92.0 Å². The Morgan fingerprint density at radius 2 is 1.94 bits per heavy atom. The summed E-state index contributed by atoms with van der Waals surface area (Å²) in [5.74, 6) is 0.856. The summed E-state index contributed by atoms with van der Waals surface area (Å²) in [6, 6.07) is 2.19. The molecule has 36 heavy (non-hydrogen) atoms. The zero-order chi connectivity index (χ0) is 24.8. The summed E-state index contributed by atoms with van der Waals surface area (Å²) in [6.45, 7) is 3.33. The summed E-state index contributed by atoms with van der Waals surface area (Å²) >= 11 is 0. The summed E-state index contributed by atoms with van der Waals surface area (Å²) in [4.78, 5) is 4.59. The smallest absolute Gasteiger partial charge is 0.241 e. The van der Waals surface area contributed by atoms with Crippen molar-refractivity contribution >= 4 is 11.5 Å². The van der Waals surface area contributed by atoms with Crippen LogP contribution < -0.4 is 5.32 Å². The van der Waals surface area contributed by atoms with Gasteiger partial charge in [0.1, 0.15) is 24.4 Å². The van der Waals surface area contributed by atoms with Gasteiger partial charge in [0.05, 0.1) is 43.8 Å². The van der Waals surface area contributed by atoms with Gasteiger partial charge in [0.2, 0.25) is 5.95 Å². The van der Waals surface area contributed by atoms with Gasteiger partial charge in [-0.25, -0.2) is 9.50 Å². The largest absolute Gasteiger partial charge is 0.393 e. The number of rotatable bonds is 7. The van der Waals surface area contributed by atoms with Crippen molar-refractivity contribution in [3.8, 4) is 11.1 Å². The first kappa shape index (κ1) is 23.8. The molecule has 3 aromatic rings. The highest BCUT2D eigenvalue weighted by atomic mass is 16.6. The fourth-order valence-electron chi connectivity index (χ4n) is 5.83. The molecule has 5 heterocycles. The SMILES string of the molecule is COC[C@H](C)Nc1ncc2c(-c3cnn([C@H]4CO[C@H]5[C@@H]4OC[C@H]5O)c3)cc(C3CCC(O)CC3)n2n1. The van der Waals surface area contributed by atoms with Gasteiger partial charge in [-0.05, 0) is 38.7 Å². The van der Waals surface area contributed by atoms with E-state index in [2.05, 4.69) is 21.5 Å². The molecule has 3 N–H and O–H groups in total. The van der Waals surface area contributed by atoms with E-state index in [1.165, 1.54) is 0 Å². The number of fused-ring (bicyclic) bond motifs is 2. The molecule has 5 atom stereocenters. The Labute approximate surface area is 209 Å². The molecule has 2 saturated heterocycles. The fraction of sp³-hybridized carbons (Fsp3) is 0.640. The molecule has 0 unspecified atom stereocenters. The van der Waals surface area contributed by atoms with Crippen molar-refractivity contribution in [2.24, 2.45) is 0 Å². The molecule has 1 saturated carbocycles. The van der Waals surface area contributed by atoms with Crippen molar-refractivity contribution < 1.29 is 24.4 Å². The minimum atomic E-state index is -0.589. The van der Waals surface area contributed by atoms with Crippen LogP contribution in [0.15, 0.2) is 24.7 Å². The van der Waals surface area contributed by atoms with E-state index in [1.807, 2.05) is 34.7 Å². The highest BCUT2D eigenvalue weighted by Gasteiger charge is 2.48. The summed E-state index contributed by atoms with van der Waals surface area (Å²) in [5.41, 5.74) is 4.01. The predicted molar refractivity (Wildman–Crippen MR) is 131 cm³/mol. The third kappa shape index (κ3) is 4.28. The van der Waals surface area contributed by atoms with Gasteiger partial charge in [0.25, 0.3) is 0 Å². The number of aliphatic hydroxyl groups excluding tert-OH is 2. The molecule has 3 aromatic heterocycles. The summed E-state index contributed by atoms with van der Waals surface area (Å²) in [7, 11) is 1.68. The number of hydrogen-bond donors (Lipinski definition) is 3. The second-order valence-electron chi connectivity index (χ2n) is 10.3. The van der Waals surface area contributed by atoms with Crippen LogP contribution in [0.2, 0.25) is 0 Å². The third-order valence-corrected chi connectivity index (χ3v) is 7.71. The van der Waals surface area contributed by atoms with Gasteiger partial charge in [-0.1, -0.05) is 0 Å². The van der Waals surface area contributed by atoms with Crippen LogP contribution in [0.25, 0.3) is 16.6 Å². The number of methoxy groups -OCH3 is 1. The normalized spacial score (nSPS) is 31.1. The van der Waals surface area contributed by atoms with Gasteiger partial charge in [-0.15, -0.1) is 5.10 Å². The summed E-state index contributed by atoms with van der Waals surface area (Å²) < 4.78 is 20.7. The van der Waals surface area contributed by atoms with E-state index in [-0.39, 0.29) is 30.4 Å². The molecule has 3 fully saturated rings. The topological polar surface area (TPSA) is 128 Å². The van der Waals surface area contributed by atoms with Crippen LogP contribution in [0.1, 0.15) is 50.3 Å². The van der Waals surface area contributed by atoms with Crippen LogP contribution in [0, 0.1) is 0 Å². The molecule has 0 radical (unpaired) electrons. The first-order valence-electron chi connectivity index (χ1n) is 12.8. The van der Waals surface area contributed by atoms with Crippen molar-refractivity contribution in [2.75, 3.05) is 32.2 Å². The summed E-state index contributed by atoms with van der Waals surface area (Å²) in [5, 5.41) is 33.0. The Balaban J connectivity index is 1.34. The number of anilines is 1. The molecule has 0 spiro atoms. The quantitative estimate of drug-likeness (QED) is 0.446. The van der Waals surface area contributed by atoms with Crippen LogP contribution in [0.5, 0.6) is 0 Å². The maximum Gasteiger partial charge on any atom is 0.241 e. The van der Waals surface area contributed by atoms with Crippen molar-refractivity contribution in [3.63, 3.8) is 0 Å². The van der Waals surface area contributed by atoms with E-state index in [4.69, 9.17) is 19.3 Å². The standard InChI is InChI=1S/C25H34N6O5/c1-14(11-34-2)28-25-26-9-20-18(7-19(31(20)29-25)15-3-5-17(32)6-4-15)16-8-27-30(10-16)21-12-35-24-22(33)13-36-23(21)24/h7-10,14-15,17,21-24,32-33H,3-6,11-13H2,1-2H3,(H,28,29)/t14-,15?,17?,21-,22+,23+,24+/m0/s1. The maximum absolute atomic E-state index is 10.1. The van der Waals surface area contributed by atoms with Crippen LogP contribution in [0.3, 0.4) is 0 Å². The van der Waals surface area contributed by atoms with Gasteiger partial charge < -0.3 is 29.7 Å². The first-order chi connectivity index (χ1) is 17.5. The molecule has 194 valence electrons. The molecule has 1 aliphatic carbocycles. The van der Waals surface area contributed by atoms with Crippen LogP contribution >= 0.6 is 0 Å². The Morgan fingerprint density at radius 1 is 1.14 bits per heavy atom. The lowest BCUT2D eigenvalue weighted by atomic mass is 9.85. The minimum absolute atomic E-state index is 0.0720. The number of hydrogen-bond acceptors (Lipinski definition) is 9. The monoisotopic (exact) mass is 498 g/mol. The molecule has 0 bridgehead atoms. The van der Waals surface area contributed by atoms with Crippen molar-refractivity contribution in [1.82, 2.24) is 24.4 Å². The number of aromatic nitrogens is 5. The first-order valence-corrected chi connectivity index (χ1v) is 12.8. The van der Waals surface area contributed by atoms with Crippen molar-refractivity contribution in [2.45, 2.75) is 75.0 Å². The highest BCUT2D eigenvalue weighted by Crippen LogP contribution is 2.39. The predicted octanol–water partition coefficient (Wildman–Crippen LogP) is 1.76. The highest BCUT2D eigenvalue weighted by molar-refractivity contribution is 5.81. The molecular formula is C25H34N6O5. The fourth-order valence-corrected chi connectivity index (χ4v) is 5.83. The van der Waals surface area contributed by atoms with Crippen molar-refractivity contribution in [1.29, 1.82) is 0 Å². The molecule has 2 aliphatic heterocycles. The van der Waals surface area contributed by atoms with E-state index in [9.17, 15) is 10.2 Å². The molecule has 6 rings (SSSR count). The Kier molecular flexibility index (Phi) is 6.42. The molecule has 11 heteroatoms. The molecule has 3 aliphatic rings. The zero-order valence-corrected chi connectivity index (χ0v) is 20.7. The second-order valence-corrected chi connectivity index (χ2v) is 10.3. The molecule has 11 nitrogen and oxygen atoms in total. The van der Waals surface area contributed by atoms with E-state index < -0.39 is 6.10 Å². The average Bonchev–Trinajstić information content (AvgIpc) is 3.64. The second kappa shape index (κ2) is 9.71. The van der Waals surface area contributed by atoms with E-state index >= 15 is 0 Å². The average molecular weight is 499 g/mol. The van der Waals surface area contributed by atoms with Gasteiger partial charge in [-0.2, -0.15) is 5.10 Å². The lowest BCUT2D eigenvalue weighted by Crippen LogP contribution is -2.30. The summed E-state index contributed by atoms with van der Waals surface area (Å²) in [6.07, 6.45) is 7.84.